The van der Waals surface area contributed by atoms with Gasteiger partial charge >= 0.3 is 12.1 Å². The van der Waals surface area contributed by atoms with Gasteiger partial charge in [-0.3, -0.25) is 9.59 Å². The van der Waals surface area contributed by atoms with E-state index in [2.05, 4.69) is 6.58 Å². The number of rotatable bonds is 3. The topological polar surface area (TPSA) is 70.1 Å². The van der Waals surface area contributed by atoms with Crippen molar-refractivity contribution in [1.82, 2.24) is 9.80 Å². The van der Waals surface area contributed by atoms with Gasteiger partial charge in [0.2, 0.25) is 0 Å². The van der Waals surface area contributed by atoms with Gasteiger partial charge < -0.3 is 19.6 Å². The summed E-state index contributed by atoms with van der Waals surface area (Å²) in [5.41, 5.74) is 3.75. The number of amides is 2. The number of aliphatic hydroxyl groups excluding tert-OH is 1. The minimum Gasteiger partial charge on any atom is -0.461 e. The molecule has 2 saturated heterocycles. The van der Waals surface area contributed by atoms with E-state index in [9.17, 15) is 27.9 Å². The maximum absolute atomic E-state index is 13.0. The van der Waals surface area contributed by atoms with Crippen molar-refractivity contribution in [3.05, 3.63) is 71.0 Å². The number of fused-ring (bicyclic) bond motifs is 1. The molecule has 3 aliphatic heterocycles. The Hall–Kier alpha value is -3.33. The molecule has 6 nitrogen and oxygen atoms in total. The van der Waals surface area contributed by atoms with Gasteiger partial charge in [0, 0.05) is 42.9 Å². The van der Waals surface area contributed by atoms with E-state index in [0.717, 1.165) is 27.2 Å². The molecule has 1 atom stereocenters. The number of hydrogen-bond acceptors (Lipinski definition) is 4. The second kappa shape index (κ2) is 10.3. The van der Waals surface area contributed by atoms with Crippen LogP contribution in [0.25, 0.3) is 5.57 Å². The predicted octanol–water partition coefficient (Wildman–Crippen LogP) is 4.63. The number of carbonyl (C=O) groups is 2. The van der Waals surface area contributed by atoms with Crippen LogP contribution in [-0.4, -0.2) is 65.2 Å². The lowest BCUT2D eigenvalue weighted by molar-refractivity contribution is -0.185. The van der Waals surface area contributed by atoms with Gasteiger partial charge in [0.1, 0.15) is 11.5 Å². The van der Waals surface area contributed by atoms with Gasteiger partial charge in [-0.25, -0.2) is 0 Å². The van der Waals surface area contributed by atoms with E-state index < -0.39 is 18.2 Å². The highest BCUT2D eigenvalue weighted by atomic mass is 19.4. The second-order valence-electron chi connectivity index (χ2n) is 9.19. The SMILES string of the molecule is C=C/C=C\C1=C(C)Oc2cc(C(=O)N3CCC(O)C3)ccc2/C1=C1/CCCN(C(=O)C(F)(F)F)CC1. The first kappa shape index (κ1) is 25.8. The minimum atomic E-state index is -4.90. The normalized spacial score (nSPS) is 23.0. The summed E-state index contributed by atoms with van der Waals surface area (Å²) in [6.07, 6.45) is 1.58. The van der Waals surface area contributed by atoms with Crippen molar-refractivity contribution in [3.63, 3.8) is 0 Å². The molecule has 3 heterocycles. The third-order valence-corrected chi connectivity index (χ3v) is 6.73. The average Bonchev–Trinajstić information content (AvgIpc) is 3.13. The zero-order chi connectivity index (χ0) is 26.0. The molecule has 2 amide bonds. The molecule has 1 N–H and O–H groups in total. The largest absolute Gasteiger partial charge is 0.471 e. The first-order chi connectivity index (χ1) is 17.1. The summed E-state index contributed by atoms with van der Waals surface area (Å²) in [5.74, 6) is -0.919. The Morgan fingerprint density at radius 2 is 1.94 bits per heavy atom. The van der Waals surface area contributed by atoms with Crippen LogP contribution in [0, 0.1) is 0 Å². The number of hydrogen-bond donors (Lipinski definition) is 1. The standard InChI is InChI=1S/C27H29F3N2O4/c1-3-4-7-21-17(2)36-23-15-19(25(34)32-14-11-20(33)16-32)8-9-22(23)24(21)18-6-5-12-31(13-10-18)26(35)27(28,29)30/h3-4,7-9,15,20,33H,1,5-6,10-14,16H2,2H3/b7-4-,24-18-. The fourth-order valence-corrected chi connectivity index (χ4v) is 4.96. The molecular formula is C27H29F3N2O4. The van der Waals surface area contributed by atoms with E-state index in [1.165, 1.54) is 0 Å². The lowest BCUT2D eigenvalue weighted by Gasteiger charge is -2.27. The Balaban J connectivity index is 1.72. The highest BCUT2D eigenvalue weighted by Gasteiger charge is 2.42. The first-order valence-electron chi connectivity index (χ1n) is 12.0. The lowest BCUT2D eigenvalue weighted by atomic mass is 9.86. The highest BCUT2D eigenvalue weighted by Crippen LogP contribution is 2.43. The highest BCUT2D eigenvalue weighted by molar-refractivity contribution is 5.97. The fourth-order valence-electron chi connectivity index (χ4n) is 4.96. The first-order valence-corrected chi connectivity index (χ1v) is 12.0. The quantitative estimate of drug-likeness (QED) is 0.612. The van der Waals surface area contributed by atoms with Crippen LogP contribution in [0.15, 0.2) is 59.9 Å². The molecule has 1 unspecified atom stereocenters. The molecule has 0 saturated carbocycles. The number of halogens is 3. The number of benzene rings is 1. The van der Waals surface area contributed by atoms with Gasteiger partial charge in [-0.15, -0.1) is 0 Å². The summed E-state index contributed by atoms with van der Waals surface area (Å²) in [4.78, 5) is 27.3. The number of nitrogens with zero attached hydrogens (tertiary/aromatic N) is 2. The molecule has 3 aliphatic rings. The van der Waals surface area contributed by atoms with Gasteiger partial charge in [-0.05, 0) is 56.4 Å². The lowest BCUT2D eigenvalue weighted by Crippen LogP contribution is -2.41. The summed E-state index contributed by atoms with van der Waals surface area (Å²) < 4.78 is 45.1. The van der Waals surface area contributed by atoms with Crippen LogP contribution in [-0.2, 0) is 4.79 Å². The Kier molecular flexibility index (Phi) is 7.40. The van der Waals surface area contributed by atoms with Gasteiger partial charge in [0.25, 0.3) is 5.91 Å². The molecule has 0 aliphatic carbocycles. The van der Waals surface area contributed by atoms with Crippen LogP contribution >= 0.6 is 0 Å². The minimum absolute atomic E-state index is 0.0290. The average molecular weight is 503 g/mol. The van der Waals surface area contributed by atoms with E-state index in [0.29, 0.717) is 49.3 Å². The number of alkyl halides is 3. The molecule has 0 radical (unpaired) electrons. The number of allylic oxidation sites excluding steroid dienone is 6. The molecular weight excluding hydrogens is 473 g/mol. The Morgan fingerprint density at radius 1 is 1.17 bits per heavy atom. The van der Waals surface area contributed by atoms with Crippen molar-refractivity contribution in [2.24, 2.45) is 0 Å². The molecule has 1 aromatic carbocycles. The van der Waals surface area contributed by atoms with Crippen molar-refractivity contribution in [2.45, 2.75) is 44.9 Å². The number of β-amino-alcohol motifs (C(OH)–C–C–N with tert-alkyl or cyclic N) is 1. The molecule has 4 rings (SSSR count). The summed E-state index contributed by atoms with van der Waals surface area (Å²) in [6, 6.07) is 5.19. The maximum Gasteiger partial charge on any atom is 0.471 e. The summed E-state index contributed by atoms with van der Waals surface area (Å²) in [6.45, 7) is 6.29. The molecule has 2 fully saturated rings. The van der Waals surface area contributed by atoms with E-state index >= 15 is 0 Å². The molecule has 9 heteroatoms. The van der Waals surface area contributed by atoms with E-state index in [1.807, 2.05) is 6.08 Å². The van der Waals surface area contributed by atoms with Crippen LogP contribution in [0.1, 0.15) is 48.5 Å². The molecule has 1 aromatic rings. The summed E-state index contributed by atoms with van der Waals surface area (Å²) in [7, 11) is 0. The zero-order valence-electron chi connectivity index (χ0n) is 20.1. The van der Waals surface area contributed by atoms with E-state index in [4.69, 9.17) is 4.74 Å². The Labute approximate surface area is 208 Å². The maximum atomic E-state index is 13.0. The number of ether oxygens (including phenoxy) is 1. The third-order valence-electron chi connectivity index (χ3n) is 6.73. The van der Waals surface area contributed by atoms with Crippen LogP contribution in [0.2, 0.25) is 0 Å². The Bertz CT molecular complexity index is 1170. The predicted molar refractivity (Wildman–Crippen MR) is 129 cm³/mol. The van der Waals surface area contributed by atoms with Crippen LogP contribution in [0.3, 0.4) is 0 Å². The van der Waals surface area contributed by atoms with Crippen LogP contribution < -0.4 is 4.74 Å². The van der Waals surface area contributed by atoms with Crippen molar-refractivity contribution in [1.29, 1.82) is 0 Å². The second-order valence-corrected chi connectivity index (χ2v) is 9.19. The number of carbonyl (C=O) groups excluding carboxylic acids is 2. The molecule has 0 spiro atoms. The zero-order valence-corrected chi connectivity index (χ0v) is 20.1. The third kappa shape index (κ3) is 5.26. The molecule has 36 heavy (non-hydrogen) atoms. The molecule has 0 bridgehead atoms. The van der Waals surface area contributed by atoms with Crippen LogP contribution in [0.5, 0.6) is 5.75 Å². The number of aliphatic hydroxyl groups is 1. The van der Waals surface area contributed by atoms with Crippen LogP contribution in [0.4, 0.5) is 13.2 Å². The smallest absolute Gasteiger partial charge is 0.461 e. The Morgan fingerprint density at radius 3 is 2.61 bits per heavy atom. The van der Waals surface area contributed by atoms with Gasteiger partial charge in [-0.2, -0.15) is 13.2 Å². The summed E-state index contributed by atoms with van der Waals surface area (Å²) in [5, 5.41) is 9.79. The fraction of sp³-hybridized carbons (Fsp3) is 0.407. The van der Waals surface area contributed by atoms with E-state index in [1.54, 1.807) is 42.2 Å². The van der Waals surface area contributed by atoms with Crippen molar-refractivity contribution in [2.75, 3.05) is 26.2 Å². The van der Waals surface area contributed by atoms with Gasteiger partial charge in [0.05, 0.1) is 6.10 Å². The van der Waals surface area contributed by atoms with E-state index in [-0.39, 0.29) is 25.5 Å². The van der Waals surface area contributed by atoms with Crippen molar-refractivity contribution < 1.29 is 32.6 Å². The summed E-state index contributed by atoms with van der Waals surface area (Å²) >= 11 is 0. The monoisotopic (exact) mass is 502 g/mol. The van der Waals surface area contributed by atoms with Gasteiger partial charge in [-0.1, -0.05) is 30.4 Å². The molecule has 0 aromatic heterocycles. The number of likely N-dealkylation sites (tertiary alicyclic amines) is 2. The van der Waals surface area contributed by atoms with Crippen molar-refractivity contribution in [3.8, 4) is 5.75 Å². The molecule has 192 valence electrons. The van der Waals surface area contributed by atoms with Crippen molar-refractivity contribution >= 4 is 17.4 Å². The van der Waals surface area contributed by atoms with Gasteiger partial charge in [0.15, 0.2) is 0 Å².